The summed E-state index contributed by atoms with van der Waals surface area (Å²) in [4.78, 5) is 14.3. The quantitative estimate of drug-likeness (QED) is 0.892. The zero-order valence-electron chi connectivity index (χ0n) is 14.0. The summed E-state index contributed by atoms with van der Waals surface area (Å²) in [6.07, 6.45) is 1.45. The van der Waals surface area contributed by atoms with Gasteiger partial charge in [-0.25, -0.2) is 0 Å². The molecule has 3 heteroatoms. The molecule has 23 heavy (non-hydrogen) atoms. The summed E-state index contributed by atoms with van der Waals surface area (Å²) in [5.41, 5.74) is 4.63. The van der Waals surface area contributed by atoms with E-state index >= 15 is 0 Å². The Balaban J connectivity index is 1.93. The van der Waals surface area contributed by atoms with Gasteiger partial charge in [-0.2, -0.15) is 0 Å². The Labute approximate surface area is 138 Å². The van der Waals surface area contributed by atoms with E-state index < -0.39 is 0 Å². The summed E-state index contributed by atoms with van der Waals surface area (Å²) < 4.78 is 0. The van der Waals surface area contributed by atoms with Crippen molar-refractivity contribution in [3.8, 4) is 0 Å². The van der Waals surface area contributed by atoms with Gasteiger partial charge in [0.15, 0.2) is 0 Å². The molecule has 1 aliphatic rings. The first-order valence-electron chi connectivity index (χ1n) is 8.34. The van der Waals surface area contributed by atoms with Crippen LogP contribution in [0.2, 0.25) is 0 Å². The highest BCUT2D eigenvalue weighted by Crippen LogP contribution is 2.39. The Bertz CT molecular complexity index is 693. The molecule has 0 radical (unpaired) electrons. The molecule has 2 aromatic rings. The highest BCUT2D eigenvalue weighted by Gasteiger charge is 2.32. The summed E-state index contributed by atoms with van der Waals surface area (Å²) in [5.74, 6) is 0.193. The largest absolute Gasteiger partial charge is 0.378 e. The molecule has 2 unspecified atom stereocenters. The second kappa shape index (κ2) is 6.45. The molecule has 0 fully saturated rings. The third-order valence-corrected chi connectivity index (χ3v) is 4.55. The van der Waals surface area contributed by atoms with E-state index in [0.717, 1.165) is 17.8 Å². The summed E-state index contributed by atoms with van der Waals surface area (Å²) in [6, 6.07) is 17.1. The second-order valence-corrected chi connectivity index (χ2v) is 6.32. The van der Waals surface area contributed by atoms with Gasteiger partial charge in [0, 0.05) is 23.8 Å². The number of nitrogens with one attached hydrogen (secondary N) is 1. The van der Waals surface area contributed by atoms with E-state index in [1.807, 2.05) is 24.0 Å². The molecule has 3 nitrogen and oxygen atoms in total. The summed E-state index contributed by atoms with van der Waals surface area (Å²) in [6.45, 7) is 6.15. The lowest BCUT2D eigenvalue weighted by Gasteiger charge is -2.40. The lowest BCUT2D eigenvalue weighted by Crippen LogP contribution is -2.44. The Kier molecular flexibility index (Phi) is 4.37. The lowest BCUT2D eigenvalue weighted by molar-refractivity contribution is -0.118. The maximum atomic E-state index is 12.3. The zero-order valence-corrected chi connectivity index (χ0v) is 14.0. The Hall–Kier alpha value is -2.29. The molecule has 0 aromatic heterocycles. The number of nitrogens with zero attached hydrogens (tertiary/aromatic N) is 1. The lowest BCUT2D eigenvalue weighted by atomic mass is 9.91. The van der Waals surface area contributed by atoms with E-state index in [2.05, 4.69) is 55.6 Å². The topological polar surface area (TPSA) is 32.3 Å². The number of hydrogen-bond donors (Lipinski definition) is 1. The van der Waals surface area contributed by atoms with Gasteiger partial charge in [0.2, 0.25) is 5.91 Å². The standard InChI is InChI=1S/C20H24N2O/c1-4-20(23)22-15(3)13-18(17-7-5-6-8-19(17)22)21-16-11-9-14(2)10-12-16/h5-12,15,18,21H,4,13H2,1-3H3. The van der Waals surface area contributed by atoms with Crippen LogP contribution in [0, 0.1) is 6.92 Å². The molecular formula is C20H24N2O. The van der Waals surface area contributed by atoms with Crippen LogP contribution >= 0.6 is 0 Å². The summed E-state index contributed by atoms with van der Waals surface area (Å²) in [7, 11) is 0. The van der Waals surface area contributed by atoms with Gasteiger partial charge in [0.1, 0.15) is 0 Å². The van der Waals surface area contributed by atoms with Crippen LogP contribution in [0.1, 0.15) is 43.9 Å². The fourth-order valence-electron chi connectivity index (χ4n) is 3.35. The fourth-order valence-corrected chi connectivity index (χ4v) is 3.35. The highest BCUT2D eigenvalue weighted by molar-refractivity contribution is 5.95. The highest BCUT2D eigenvalue weighted by atomic mass is 16.2. The van der Waals surface area contributed by atoms with Crippen LogP contribution in [0.3, 0.4) is 0 Å². The fraction of sp³-hybridized carbons (Fsp3) is 0.350. The number of amides is 1. The molecule has 120 valence electrons. The maximum absolute atomic E-state index is 12.3. The Morgan fingerprint density at radius 2 is 1.87 bits per heavy atom. The molecule has 1 aliphatic heterocycles. The van der Waals surface area contributed by atoms with E-state index in [0.29, 0.717) is 6.42 Å². The molecule has 0 saturated carbocycles. The van der Waals surface area contributed by atoms with E-state index in [1.165, 1.54) is 11.1 Å². The number of carbonyl (C=O) groups excluding carboxylic acids is 1. The first kappa shape index (κ1) is 15.6. The van der Waals surface area contributed by atoms with Crippen molar-refractivity contribution in [2.24, 2.45) is 0 Å². The summed E-state index contributed by atoms with van der Waals surface area (Å²) >= 11 is 0. The van der Waals surface area contributed by atoms with Gasteiger partial charge in [-0.15, -0.1) is 0 Å². The molecule has 1 N–H and O–H groups in total. The molecule has 1 amide bonds. The Morgan fingerprint density at radius 3 is 2.57 bits per heavy atom. The number of fused-ring (bicyclic) bond motifs is 1. The van der Waals surface area contributed by atoms with Crippen molar-refractivity contribution in [2.75, 3.05) is 10.2 Å². The SMILES string of the molecule is CCC(=O)N1c2ccccc2C(Nc2ccc(C)cc2)CC1C. The van der Waals surface area contributed by atoms with Crippen molar-refractivity contribution < 1.29 is 4.79 Å². The maximum Gasteiger partial charge on any atom is 0.226 e. The summed E-state index contributed by atoms with van der Waals surface area (Å²) in [5, 5.41) is 3.63. The number of anilines is 2. The van der Waals surface area contributed by atoms with E-state index in [1.54, 1.807) is 0 Å². The number of aryl methyl sites for hydroxylation is 1. The van der Waals surface area contributed by atoms with Crippen molar-refractivity contribution in [1.29, 1.82) is 0 Å². The van der Waals surface area contributed by atoms with Crippen molar-refractivity contribution >= 4 is 17.3 Å². The van der Waals surface area contributed by atoms with Crippen LogP contribution in [-0.4, -0.2) is 11.9 Å². The first-order chi connectivity index (χ1) is 11.1. The van der Waals surface area contributed by atoms with Crippen LogP contribution < -0.4 is 10.2 Å². The molecule has 0 spiro atoms. The molecule has 3 rings (SSSR count). The minimum atomic E-state index is 0.193. The smallest absolute Gasteiger partial charge is 0.226 e. The van der Waals surface area contributed by atoms with E-state index in [4.69, 9.17) is 0 Å². The first-order valence-corrected chi connectivity index (χ1v) is 8.34. The van der Waals surface area contributed by atoms with Crippen LogP contribution in [0.5, 0.6) is 0 Å². The zero-order chi connectivity index (χ0) is 16.4. The average molecular weight is 308 g/mol. The number of benzene rings is 2. The third kappa shape index (κ3) is 3.09. The predicted octanol–water partition coefficient (Wildman–Crippen LogP) is 4.68. The van der Waals surface area contributed by atoms with Crippen molar-refractivity contribution in [3.63, 3.8) is 0 Å². The molecule has 1 heterocycles. The monoisotopic (exact) mass is 308 g/mol. The molecule has 0 saturated heterocycles. The van der Waals surface area contributed by atoms with Gasteiger partial charge in [0.25, 0.3) is 0 Å². The minimum absolute atomic E-state index is 0.193. The number of rotatable bonds is 3. The van der Waals surface area contributed by atoms with Crippen LogP contribution in [0.25, 0.3) is 0 Å². The van der Waals surface area contributed by atoms with Crippen molar-refractivity contribution in [3.05, 3.63) is 59.7 Å². The second-order valence-electron chi connectivity index (χ2n) is 6.32. The van der Waals surface area contributed by atoms with Crippen LogP contribution in [0.4, 0.5) is 11.4 Å². The van der Waals surface area contributed by atoms with Gasteiger partial charge >= 0.3 is 0 Å². The minimum Gasteiger partial charge on any atom is -0.378 e. The van der Waals surface area contributed by atoms with Crippen molar-refractivity contribution in [1.82, 2.24) is 0 Å². The molecular weight excluding hydrogens is 284 g/mol. The van der Waals surface area contributed by atoms with E-state index in [9.17, 15) is 4.79 Å². The van der Waals surface area contributed by atoms with E-state index in [-0.39, 0.29) is 18.0 Å². The normalized spacial score (nSPS) is 20.0. The molecule has 0 aliphatic carbocycles. The molecule has 0 bridgehead atoms. The third-order valence-electron chi connectivity index (χ3n) is 4.55. The number of para-hydroxylation sites is 1. The van der Waals surface area contributed by atoms with Gasteiger partial charge in [-0.05, 0) is 44.0 Å². The number of carbonyl (C=O) groups is 1. The van der Waals surface area contributed by atoms with Crippen molar-refractivity contribution in [2.45, 2.75) is 45.7 Å². The molecule has 2 atom stereocenters. The van der Waals surface area contributed by atoms with Crippen LogP contribution in [-0.2, 0) is 4.79 Å². The Morgan fingerprint density at radius 1 is 1.17 bits per heavy atom. The number of hydrogen-bond acceptors (Lipinski definition) is 2. The molecule has 2 aromatic carbocycles. The average Bonchev–Trinajstić information content (AvgIpc) is 2.56. The van der Waals surface area contributed by atoms with Gasteiger partial charge in [0.05, 0.1) is 6.04 Å². The van der Waals surface area contributed by atoms with Crippen LogP contribution in [0.15, 0.2) is 48.5 Å². The van der Waals surface area contributed by atoms with Gasteiger partial charge in [-0.3, -0.25) is 4.79 Å². The van der Waals surface area contributed by atoms with Gasteiger partial charge in [-0.1, -0.05) is 42.8 Å². The van der Waals surface area contributed by atoms with Gasteiger partial charge < -0.3 is 10.2 Å². The predicted molar refractivity (Wildman–Crippen MR) is 95.8 cm³/mol.